The highest BCUT2D eigenvalue weighted by Crippen LogP contribution is 2.41. The first-order valence-corrected chi connectivity index (χ1v) is 17.7. The summed E-state index contributed by atoms with van der Waals surface area (Å²) < 4.78 is 13.1. The van der Waals surface area contributed by atoms with E-state index in [0.717, 1.165) is 49.9 Å². The van der Waals surface area contributed by atoms with Gasteiger partial charge in [-0.3, -0.25) is 0 Å². The van der Waals surface area contributed by atoms with E-state index in [2.05, 4.69) is 15.5 Å². The molecule has 6 rings (SSSR count). The first-order chi connectivity index (χ1) is 23.9. The molecule has 4 aliphatic heterocycles. The maximum Gasteiger partial charge on any atom is 0.410 e. The molecule has 0 unspecified atom stereocenters. The SMILES string of the molecule is CC(C)(C)OC(=O)c1ccn(C(=O)N2CCC3(CCN(C(=O)OC(C)(C)C)C3)CC2)n1.O=C(O)c1ccn(C(=O)N2CCC3(CCNC3)CC2)n1. The summed E-state index contributed by atoms with van der Waals surface area (Å²) in [6.07, 6.45) is 8.36. The lowest BCUT2D eigenvalue weighted by Gasteiger charge is -2.39. The number of nitrogens with one attached hydrogen (secondary N) is 1. The van der Waals surface area contributed by atoms with Gasteiger partial charge in [0.2, 0.25) is 0 Å². The van der Waals surface area contributed by atoms with Gasteiger partial charge in [0.05, 0.1) is 0 Å². The number of piperidine rings is 2. The molecule has 3 amide bonds. The second kappa shape index (κ2) is 14.6. The third kappa shape index (κ3) is 9.45. The van der Waals surface area contributed by atoms with Gasteiger partial charge in [0.1, 0.15) is 11.2 Å². The summed E-state index contributed by atoms with van der Waals surface area (Å²) in [4.78, 5) is 65.7. The van der Waals surface area contributed by atoms with Crippen molar-refractivity contribution in [3.63, 3.8) is 0 Å². The van der Waals surface area contributed by atoms with Crippen molar-refractivity contribution in [1.82, 2.24) is 39.6 Å². The second-order valence-electron chi connectivity index (χ2n) is 16.2. The van der Waals surface area contributed by atoms with Crippen LogP contribution in [0.2, 0.25) is 0 Å². The Bertz CT molecular complexity index is 1600. The largest absolute Gasteiger partial charge is 0.476 e. The Morgan fingerprint density at radius 1 is 0.686 bits per heavy atom. The number of aromatic nitrogens is 4. The number of ether oxygens (including phenoxy) is 2. The minimum Gasteiger partial charge on any atom is -0.476 e. The lowest BCUT2D eigenvalue weighted by atomic mass is 9.78. The summed E-state index contributed by atoms with van der Waals surface area (Å²) in [6.45, 7) is 17.0. The van der Waals surface area contributed by atoms with Crippen LogP contribution in [0.15, 0.2) is 24.5 Å². The maximum atomic E-state index is 12.8. The molecule has 16 nitrogen and oxygen atoms in total. The highest BCUT2D eigenvalue weighted by molar-refractivity contribution is 5.88. The second-order valence-corrected chi connectivity index (χ2v) is 16.2. The number of esters is 1. The summed E-state index contributed by atoms with van der Waals surface area (Å²) in [6, 6.07) is 2.34. The molecule has 0 saturated carbocycles. The Morgan fingerprint density at radius 3 is 1.61 bits per heavy atom. The van der Waals surface area contributed by atoms with Crippen LogP contribution in [0.5, 0.6) is 0 Å². The first-order valence-electron chi connectivity index (χ1n) is 17.7. The van der Waals surface area contributed by atoms with Gasteiger partial charge in [0, 0.05) is 58.2 Å². The highest BCUT2D eigenvalue weighted by atomic mass is 16.6. The molecule has 2 N–H and O–H groups in total. The van der Waals surface area contributed by atoms with Gasteiger partial charge in [-0.25, -0.2) is 24.0 Å². The van der Waals surface area contributed by atoms with Crippen molar-refractivity contribution in [2.75, 3.05) is 52.4 Å². The van der Waals surface area contributed by atoms with E-state index in [1.807, 2.05) is 20.8 Å². The molecule has 2 aromatic rings. The number of hydrogen-bond donors (Lipinski definition) is 2. The Hall–Kier alpha value is -4.47. The van der Waals surface area contributed by atoms with Crippen LogP contribution in [0.1, 0.15) is 101 Å². The molecule has 51 heavy (non-hydrogen) atoms. The zero-order valence-electron chi connectivity index (χ0n) is 30.6. The summed E-state index contributed by atoms with van der Waals surface area (Å²) in [7, 11) is 0. The predicted octanol–water partition coefficient (Wildman–Crippen LogP) is 4.15. The van der Waals surface area contributed by atoms with E-state index in [-0.39, 0.29) is 35.0 Å². The number of carboxylic acid groups (broad SMARTS) is 1. The predicted molar refractivity (Wildman–Crippen MR) is 185 cm³/mol. The lowest BCUT2D eigenvalue weighted by molar-refractivity contribution is 0.00612. The quantitative estimate of drug-likeness (QED) is 0.427. The van der Waals surface area contributed by atoms with Crippen molar-refractivity contribution in [1.29, 1.82) is 0 Å². The van der Waals surface area contributed by atoms with Crippen molar-refractivity contribution >= 4 is 30.1 Å². The number of carbonyl (C=O) groups is 5. The van der Waals surface area contributed by atoms with Crippen LogP contribution in [-0.4, -0.2) is 133 Å². The summed E-state index contributed by atoms with van der Waals surface area (Å²) in [5.74, 6) is -1.67. The average Bonchev–Trinajstić information content (AvgIpc) is 3.88. The number of rotatable bonds is 2. The lowest BCUT2D eigenvalue weighted by Crippen LogP contribution is -2.46. The molecule has 2 spiro atoms. The maximum absolute atomic E-state index is 12.8. The summed E-state index contributed by atoms with van der Waals surface area (Å²) in [5, 5.41) is 20.1. The average molecular weight is 713 g/mol. The molecule has 16 heteroatoms. The minimum absolute atomic E-state index is 0.0273. The fourth-order valence-corrected chi connectivity index (χ4v) is 7.10. The Balaban J connectivity index is 0.000000216. The fourth-order valence-electron chi connectivity index (χ4n) is 7.10. The molecule has 2 aromatic heterocycles. The van der Waals surface area contributed by atoms with Crippen LogP contribution in [0, 0.1) is 10.8 Å². The van der Waals surface area contributed by atoms with E-state index < -0.39 is 23.1 Å². The molecule has 0 aliphatic carbocycles. The molecule has 6 heterocycles. The molecular formula is C35H52N8O8. The number of hydrogen-bond acceptors (Lipinski definition) is 10. The third-order valence-electron chi connectivity index (χ3n) is 10.0. The Labute approximate surface area is 298 Å². The molecule has 0 radical (unpaired) electrons. The van der Waals surface area contributed by atoms with Crippen molar-refractivity contribution in [2.24, 2.45) is 10.8 Å². The Morgan fingerprint density at radius 2 is 1.16 bits per heavy atom. The number of carbonyl (C=O) groups excluding carboxylic acids is 4. The van der Waals surface area contributed by atoms with Crippen molar-refractivity contribution < 1.29 is 38.6 Å². The molecule has 280 valence electrons. The molecule has 4 saturated heterocycles. The number of nitrogens with zero attached hydrogens (tertiary/aromatic N) is 7. The molecule has 0 bridgehead atoms. The molecule has 4 fully saturated rings. The Kier molecular flexibility index (Phi) is 10.8. The van der Waals surface area contributed by atoms with Gasteiger partial charge in [0.15, 0.2) is 11.4 Å². The van der Waals surface area contributed by atoms with E-state index >= 15 is 0 Å². The molecule has 0 aromatic carbocycles. The van der Waals surface area contributed by atoms with E-state index in [9.17, 15) is 24.0 Å². The van der Waals surface area contributed by atoms with Crippen molar-refractivity contribution in [2.45, 2.75) is 91.3 Å². The highest BCUT2D eigenvalue weighted by Gasteiger charge is 2.44. The van der Waals surface area contributed by atoms with Crippen LogP contribution in [0.25, 0.3) is 0 Å². The zero-order valence-corrected chi connectivity index (χ0v) is 30.6. The number of amides is 3. The van der Waals surface area contributed by atoms with Crippen molar-refractivity contribution in [3.8, 4) is 0 Å². The third-order valence-corrected chi connectivity index (χ3v) is 10.0. The molecule has 0 atom stereocenters. The van der Waals surface area contributed by atoms with Gasteiger partial charge in [-0.2, -0.15) is 19.6 Å². The first kappa shape index (κ1) is 37.8. The summed E-state index contributed by atoms with van der Waals surface area (Å²) in [5.41, 5.74) is -0.745. The topological polar surface area (TPSA) is 181 Å². The van der Waals surface area contributed by atoms with Gasteiger partial charge < -0.3 is 34.6 Å². The van der Waals surface area contributed by atoms with Gasteiger partial charge in [0.25, 0.3) is 0 Å². The van der Waals surface area contributed by atoms with E-state index in [4.69, 9.17) is 14.6 Å². The van der Waals surface area contributed by atoms with Crippen LogP contribution >= 0.6 is 0 Å². The van der Waals surface area contributed by atoms with Crippen LogP contribution in [-0.2, 0) is 9.47 Å². The van der Waals surface area contributed by atoms with E-state index in [1.54, 1.807) is 35.5 Å². The smallest absolute Gasteiger partial charge is 0.410 e. The molecular weight excluding hydrogens is 660 g/mol. The van der Waals surface area contributed by atoms with E-state index in [0.29, 0.717) is 44.7 Å². The van der Waals surface area contributed by atoms with Gasteiger partial charge in [-0.1, -0.05) is 0 Å². The van der Waals surface area contributed by atoms with Crippen molar-refractivity contribution in [3.05, 3.63) is 35.9 Å². The van der Waals surface area contributed by atoms with Crippen LogP contribution in [0.4, 0.5) is 14.4 Å². The van der Waals surface area contributed by atoms with Gasteiger partial charge >= 0.3 is 30.1 Å². The minimum atomic E-state index is -1.12. The molecule has 4 aliphatic rings. The van der Waals surface area contributed by atoms with Crippen LogP contribution in [0.3, 0.4) is 0 Å². The van der Waals surface area contributed by atoms with E-state index in [1.165, 1.54) is 35.6 Å². The number of aromatic carboxylic acids is 1. The number of likely N-dealkylation sites (tertiary alicyclic amines) is 3. The monoisotopic (exact) mass is 712 g/mol. The fraction of sp³-hybridized carbons (Fsp3) is 0.686. The van der Waals surface area contributed by atoms with Gasteiger partial charge in [-0.05, 0) is 110 Å². The standard InChI is InChI=1S/C22H34N4O5.C13H18N4O3/c1-20(2,3)30-17(27)16-7-11-26(23-16)18(28)24-12-8-22(9-13-24)10-14-25(15-22)19(29)31-21(4,5)6;18-11(19)10-1-6-17(15-10)12(20)16-7-3-13(4-8-16)2-5-14-9-13/h7,11H,8-10,12-15H2,1-6H3;1,6,14H,2-5,7-9H2,(H,18,19). The zero-order chi connectivity index (χ0) is 37.2. The van der Waals surface area contributed by atoms with Crippen LogP contribution < -0.4 is 5.32 Å². The normalized spacial score (nSPS) is 19.8. The van der Waals surface area contributed by atoms with Gasteiger partial charge in [-0.15, -0.1) is 0 Å². The number of carboxylic acids is 1. The summed E-state index contributed by atoms with van der Waals surface area (Å²) >= 11 is 0.